The number of halogens is 1. The first kappa shape index (κ1) is 19.7. The van der Waals surface area contributed by atoms with Gasteiger partial charge in [0.25, 0.3) is 0 Å². The quantitative estimate of drug-likeness (QED) is 0.162. The Bertz CT molecular complexity index is 1860. The largest absolute Gasteiger partial charge is 0.274 e. The topological polar surface area (TPSA) is 30.2 Å². The van der Waals surface area contributed by atoms with Crippen molar-refractivity contribution in [2.24, 2.45) is 0 Å². The van der Waals surface area contributed by atoms with E-state index < -0.39 is 0 Å². The van der Waals surface area contributed by atoms with Gasteiger partial charge in [-0.2, -0.15) is 0 Å². The van der Waals surface area contributed by atoms with Crippen LogP contribution in [0.4, 0.5) is 0 Å². The second-order valence-corrected chi connectivity index (χ2v) is 9.74. The molecule has 7 rings (SSSR count). The first-order valence-electron chi connectivity index (χ1n) is 11.2. The van der Waals surface area contributed by atoms with E-state index in [4.69, 9.17) is 0 Å². The molecule has 0 amide bonds. The van der Waals surface area contributed by atoms with Crippen LogP contribution in [0.15, 0.2) is 109 Å². The minimum Gasteiger partial charge on any atom is -0.274 e. The SMILES string of the molecule is Ic1ccc(-c2nnc3c4ccccc4c4cc(-c5cccc6ccccc56)ccc4n23)cc1. The Balaban J connectivity index is 1.58. The smallest absolute Gasteiger partial charge is 0.169 e. The molecule has 0 atom stereocenters. The molecule has 0 saturated heterocycles. The number of rotatable bonds is 2. The van der Waals surface area contributed by atoms with E-state index in [1.165, 1.54) is 36.2 Å². The van der Waals surface area contributed by atoms with Crippen LogP contribution in [0.25, 0.3) is 60.6 Å². The van der Waals surface area contributed by atoms with Crippen molar-refractivity contribution in [3.8, 4) is 22.5 Å². The predicted octanol–water partition coefficient (Wildman–Crippen LogP) is 8.13. The maximum atomic E-state index is 4.63. The summed E-state index contributed by atoms with van der Waals surface area (Å²) >= 11 is 2.33. The van der Waals surface area contributed by atoms with Gasteiger partial charge in [-0.15, -0.1) is 10.2 Å². The maximum Gasteiger partial charge on any atom is 0.169 e. The summed E-state index contributed by atoms with van der Waals surface area (Å²) in [5.41, 5.74) is 5.50. The van der Waals surface area contributed by atoms with Gasteiger partial charge in [0.15, 0.2) is 11.5 Å². The molecule has 0 N–H and O–H groups in total. The van der Waals surface area contributed by atoms with Gasteiger partial charge in [0.05, 0.1) is 5.52 Å². The Hall–Kier alpha value is -3.77. The van der Waals surface area contributed by atoms with E-state index in [-0.39, 0.29) is 0 Å². The molecule has 160 valence electrons. The third kappa shape index (κ3) is 2.95. The van der Waals surface area contributed by atoms with Crippen molar-refractivity contribution >= 4 is 60.7 Å². The molecule has 4 heteroatoms. The summed E-state index contributed by atoms with van der Waals surface area (Å²) in [4.78, 5) is 0. The molecule has 0 aliphatic heterocycles. The first-order chi connectivity index (χ1) is 16.8. The Morgan fingerprint density at radius 1 is 0.559 bits per heavy atom. The zero-order valence-corrected chi connectivity index (χ0v) is 20.3. The molecule has 0 aliphatic carbocycles. The molecule has 0 fully saturated rings. The van der Waals surface area contributed by atoms with Crippen molar-refractivity contribution in [2.75, 3.05) is 0 Å². The molecule has 5 aromatic carbocycles. The zero-order chi connectivity index (χ0) is 22.6. The van der Waals surface area contributed by atoms with E-state index in [0.29, 0.717) is 0 Å². The fourth-order valence-corrected chi connectivity index (χ4v) is 5.34. The van der Waals surface area contributed by atoms with Crippen LogP contribution < -0.4 is 0 Å². The molecule has 0 radical (unpaired) electrons. The van der Waals surface area contributed by atoms with E-state index in [1.807, 2.05) is 0 Å². The molecular weight excluding hydrogens is 529 g/mol. The van der Waals surface area contributed by atoms with Gasteiger partial charge in [-0.3, -0.25) is 4.40 Å². The van der Waals surface area contributed by atoms with E-state index in [9.17, 15) is 0 Å². The third-order valence-electron chi connectivity index (χ3n) is 6.56. The van der Waals surface area contributed by atoms with Crippen molar-refractivity contribution in [3.63, 3.8) is 0 Å². The van der Waals surface area contributed by atoms with Crippen molar-refractivity contribution in [1.82, 2.24) is 14.6 Å². The average molecular weight is 547 g/mol. The summed E-state index contributed by atoms with van der Waals surface area (Å²) in [5.74, 6) is 0.861. The lowest BCUT2D eigenvalue weighted by atomic mass is 9.96. The molecule has 0 unspecified atom stereocenters. The summed E-state index contributed by atoms with van der Waals surface area (Å²) in [7, 11) is 0. The van der Waals surface area contributed by atoms with Gasteiger partial charge in [-0.25, -0.2) is 0 Å². The number of pyridine rings is 1. The van der Waals surface area contributed by atoms with Crippen molar-refractivity contribution < 1.29 is 0 Å². The summed E-state index contributed by atoms with van der Waals surface area (Å²) in [6.45, 7) is 0. The van der Waals surface area contributed by atoms with Gasteiger partial charge >= 0.3 is 0 Å². The second-order valence-electron chi connectivity index (χ2n) is 8.49. The van der Waals surface area contributed by atoms with E-state index in [0.717, 1.165) is 27.9 Å². The molecule has 0 spiro atoms. The Morgan fingerprint density at radius 3 is 2.12 bits per heavy atom. The lowest BCUT2D eigenvalue weighted by Gasteiger charge is -2.13. The molecule has 3 nitrogen and oxygen atoms in total. The van der Waals surface area contributed by atoms with Crippen LogP contribution in [0.3, 0.4) is 0 Å². The number of hydrogen-bond donors (Lipinski definition) is 0. The second kappa shape index (κ2) is 7.64. The van der Waals surface area contributed by atoms with Crippen LogP contribution in [-0.4, -0.2) is 14.6 Å². The molecule has 7 aromatic rings. The summed E-state index contributed by atoms with van der Waals surface area (Å²) in [6.07, 6.45) is 0. The van der Waals surface area contributed by atoms with Gasteiger partial charge < -0.3 is 0 Å². The van der Waals surface area contributed by atoms with E-state index >= 15 is 0 Å². The average Bonchev–Trinajstić information content (AvgIpc) is 3.34. The fourth-order valence-electron chi connectivity index (χ4n) is 4.98. The number of aromatic nitrogens is 3. The molecule has 2 aromatic heterocycles. The van der Waals surface area contributed by atoms with Crippen molar-refractivity contribution in [3.05, 3.63) is 113 Å². The number of benzene rings is 5. The predicted molar refractivity (Wildman–Crippen MR) is 149 cm³/mol. The van der Waals surface area contributed by atoms with Crippen LogP contribution in [0.1, 0.15) is 0 Å². The highest BCUT2D eigenvalue weighted by molar-refractivity contribution is 14.1. The minimum atomic E-state index is 0.861. The monoisotopic (exact) mass is 547 g/mol. The summed E-state index contributed by atoms with van der Waals surface area (Å²) in [5, 5.41) is 15.3. The lowest BCUT2D eigenvalue weighted by Crippen LogP contribution is -1.95. The standard InChI is InChI=1S/C30H18IN3/c31-22-15-12-20(13-16-22)29-32-33-30-26-10-4-3-9-25(26)27-18-21(14-17-28(27)34(29)30)24-11-5-7-19-6-1-2-8-23(19)24/h1-18H. The van der Waals surface area contributed by atoms with Crippen LogP contribution >= 0.6 is 22.6 Å². The zero-order valence-electron chi connectivity index (χ0n) is 18.1. The van der Waals surface area contributed by atoms with E-state index in [1.54, 1.807) is 0 Å². The van der Waals surface area contributed by atoms with Gasteiger partial charge in [0.2, 0.25) is 0 Å². The molecule has 0 aliphatic rings. The van der Waals surface area contributed by atoms with Crippen LogP contribution in [0, 0.1) is 3.57 Å². The third-order valence-corrected chi connectivity index (χ3v) is 7.28. The van der Waals surface area contributed by atoms with Crippen molar-refractivity contribution in [1.29, 1.82) is 0 Å². The van der Waals surface area contributed by atoms with E-state index in [2.05, 4.69) is 146 Å². The molecule has 0 saturated carbocycles. The highest BCUT2D eigenvalue weighted by Gasteiger charge is 2.16. The lowest BCUT2D eigenvalue weighted by molar-refractivity contribution is 1.12. The molecule has 34 heavy (non-hydrogen) atoms. The molecular formula is C30H18IN3. The Kier molecular flexibility index (Phi) is 4.42. The van der Waals surface area contributed by atoms with Crippen LogP contribution in [0.2, 0.25) is 0 Å². The van der Waals surface area contributed by atoms with Gasteiger partial charge in [-0.05, 0) is 74.1 Å². The summed E-state index contributed by atoms with van der Waals surface area (Å²) in [6, 6.07) is 38.8. The fraction of sp³-hybridized carbons (Fsp3) is 0. The summed E-state index contributed by atoms with van der Waals surface area (Å²) < 4.78 is 3.40. The van der Waals surface area contributed by atoms with Gasteiger partial charge in [0.1, 0.15) is 0 Å². The number of fused-ring (bicyclic) bond motifs is 7. The number of nitrogens with zero attached hydrogens (tertiary/aromatic N) is 3. The molecule has 0 bridgehead atoms. The maximum absolute atomic E-state index is 4.63. The highest BCUT2D eigenvalue weighted by Crippen LogP contribution is 2.36. The minimum absolute atomic E-state index is 0.861. The Labute approximate surface area is 209 Å². The van der Waals surface area contributed by atoms with Gasteiger partial charge in [-0.1, -0.05) is 84.9 Å². The normalized spacial score (nSPS) is 11.7. The first-order valence-corrected chi connectivity index (χ1v) is 12.3. The van der Waals surface area contributed by atoms with Crippen LogP contribution in [0.5, 0.6) is 0 Å². The van der Waals surface area contributed by atoms with Gasteiger partial charge in [0, 0.05) is 19.9 Å². The molecule has 2 heterocycles. The van der Waals surface area contributed by atoms with Crippen molar-refractivity contribution in [2.45, 2.75) is 0 Å². The number of hydrogen-bond acceptors (Lipinski definition) is 2. The van der Waals surface area contributed by atoms with Crippen LogP contribution in [-0.2, 0) is 0 Å². The highest BCUT2D eigenvalue weighted by atomic mass is 127. The Morgan fingerprint density at radius 2 is 1.26 bits per heavy atom.